The highest BCUT2D eigenvalue weighted by atomic mass is 35.5. The van der Waals surface area contributed by atoms with Crippen LogP contribution in [0.3, 0.4) is 0 Å². The number of alkyl halides is 3. The zero-order valence-corrected chi connectivity index (χ0v) is 12.0. The summed E-state index contributed by atoms with van der Waals surface area (Å²) in [7, 11) is 0. The van der Waals surface area contributed by atoms with E-state index in [1.807, 2.05) is 18.9 Å². The molecule has 4 nitrogen and oxygen atoms in total. The topological polar surface area (TPSA) is 41.0 Å². The molecular weight excluding hydrogens is 293 g/mol. The van der Waals surface area contributed by atoms with E-state index in [-0.39, 0.29) is 23.1 Å². The quantitative estimate of drug-likeness (QED) is 0.845. The summed E-state index contributed by atoms with van der Waals surface area (Å²) in [5.41, 5.74) is 2.93. The van der Waals surface area contributed by atoms with Gasteiger partial charge >= 0.3 is 6.18 Å². The number of anilines is 1. The maximum absolute atomic E-state index is 12.7. The van der Waals surface area contributed by atoms with E-state index in [1.54, 1.807) is 0 Å². The molecule has 112 valence electrons. The van der Waals surface area contributed by atoms with E-state index in [1.165, 1.54) is 6.07 Å². The summed E-state index contributed by atoms with van der Waals surface area (Å²) in [4.78, 5) is 6.70. The molecule has 20 heavy (non-hydrogen) atoms. The van der Waals surface area contributed by atoms with Crippen LogP contribution >= 0.6 is 11.6 Å². The van der Waals surface area contributed by atoms with Crippen molar-refractivity contribution in [2.45, 2.75) is 51.4 Å². The SMILES string of the molecule is CC1CCCC(C)N1Nc1cc(Cl)nc(C(F)(F)F)n1. The van der Waals surface area contributed by atoms with Crippen LogP contribution in [0.15, 0.2) is 6.07 Å². The Bertz CT molecular complexity index is 470. The average molecular weight is 309 g/mol. The van der Waals surface area contributed by atoms with Crippen molar-refractivity contribution in [1.82, 2.24) is 15.0 Å². The van der Waals surface area contributed by atoms with Crippen LogP contribution in [-0.4, -0.2) is 27.1 Å². The molecule has 0 aliphatic carbocycles. The number of nitrogens with one attached hydrogen (secondary N) is 1. The van der Waals surface area contributed by atoms with Crippen molar-refractivity contribution < 1.29 is 13.2 Å². The molecule has 1 aliphatic rings. The number of hydrazine groups is 1. The zero-order chi connectivity index (χ0) is 14.9. The van der Waals surface area contributed by atoms with E-state index in [0.29, 0.717) is 0 Å². The second kappa shape index (κ2) is 5.73. The van der Waals surface area contributed by atoms with E-state index in [2.05, 4.69) is 15.4 Å². The summed E-state index contributed by atoms with van der Waals surface area (Å²) in [6.07, 6.45) is -1.52. The first-order chi connectivity index (χ1) is 9.27. The van der Waals surface area contributed by atoms with Gasteiger partial charge in [-0.25, -0.2) is 15.0 Å². The Morgan fingerprint density at radius 1 is 1.25 bits per heavy atom. The van der Waals surface area contributed by atoms with Gasteiger partial charge in [-0.15, -0.1) is 0 Å². The third kappa shape index (κ3) is 3.52. The number of nitrogens with zero attached hydrogens (tertiary/aromatic N) is 3. The van der Waals surface area contributed by atoms with Crippen molar-refractivity contribution in [3.05, 3.63) is 17.0 Å². The van der Waals surface area contributed by atoms with Gasteiger partial charge in [-0.1, -0.05) is 18.0 Å². The van der Waals surface area contributed by atoms with Gasteiger partial charge in [-0.3, -0.25) is 0 Å². The second-order valence-corrected chi connectivity index (χ2v) is 5.43. The van der Waals surface area contributed by atoms with E-state index >= 15 is 0 Å². The lowest BCUT2D eigenvalue weighted by Crippen LogP contribution is -2.47. The number of rotatable bonds is 2. The first-order valence-corrected chi connectivity index (χ1v) is 6.82. The van der Waals surface area contributed by atoms with Gasteiger partial charge in [0, 0.05) is 18.2 Å². The Balaban J connectivity index is 2.22. The summed E-state index contributed by atoms with van der Waals surface area (Å²) in [6.45, 7) is 4.05. The molecule has 1 aliphatic heterocycles. The fourth-order valence-electron chi connectivity index (χ4n) is 2.38. The Labute approximate surface area is 120 Å². The zero-order valence-electron chi connectivity index (χ0n) is 11.2. The van der Waals surface area contributed by atoms with Gasteiger partial charge in [0.2, 0.25) is 5.82 Å². The highest BCUT2D eigenvalue weighted by molar-refractivity contribution is 6.29. The molecule has 2 unspecified atom stereocenters. The fraction of sp³-hybridized carbons (Fsp3) is 0.667. The molecular formula is C12H16ClF3N4. The lowest BCUT2D eigenvalue weighted by Gasteiger charge is -2.39. The highest BCUT2D eigenvalue weighted by Gasteiger charge is 2.35. The van der Waals surface area contributed by atoms with Crippen molar-refractivity contribution in [3.8, 4) is 0 Å². The highest BCUT2D eigenvalue weighted by Crippen LogP contribution is 2.29. The Morgan fingerprint density at radius 3 is 2.40 bits per heavy atom. The first kappa shape index (κ1) is 15.3. The Hall–Kier alpha value is -1.08. The van der Waals surface area contributed by atoms with E-state index in [9.17, 15) is 13.2 Å². The molecule has 0 radical (unpaired) electrons. The third-order valence-corrected chi connectivity index (χ3v) is 3.58. The number of halogens is 4. The predicted octanol–water partition coefficient (Wildman–Crippen LogP) is 3.74. The van der Waals surface area contributed by atoms with Crippen molar-refractivity contribution in [2.24, 2.45) is 0 Å². The molecule has 2 rings (SSSR count). The lowest BCUT2D eigenvalue weighted by molar-refractivity contribution is -0.144. The van der Waals surface area contributed by atoms with Gasteiger partial charge in [0.25, 0.3) is 0 Å². The minimum absolute atomic E-state index is 0.0675. The van der Waals surface area contributed by atoms with E-state index in [0.717, 1.165) is 19.3 Å². The Morgan fingerprint density at radius 2 is 1.85 bits per heavy atom. The minimum Gasteiger partial charge on any atom is -0.302 e. The molecule has 1 saturated heterocycles. The Kier molecular flexibility index (Phi) is 4.39. The van der Waals surface area contributed by atoms with Crippen LogP contribution in [0.4, 0.5) is 19.0 Å². The van der Waals surface area contributed by atoms with Gasteiger partial charge in [0.1, 0.15) is 11.0 Å². The van der Waals surface area contributed by atoms with Crippen LogP contribution in [0.5, 0.6) is 0 Å². The minimum atomic E-state index is -4.61. The number of aromatic nitrogens is 2. The van der Waals surface area contributed by atoms with Crippen LogP contribution in [0.2, 0.25) is 5.15 Å². The van der Waals surface area contributed by atoms with E-state index in [4.69, 9.17) is 11.6 Å². The van der Waals surface area contributed by atoms with Gasteiger partial charge in [0.05, 0.1) is 0 Å². The van der Waals surface area contributed by atoms with Crippen LogP contribution in [0.25, 0.3) is 0 Å². The monoisotopic (exact) mass is 308 g/mol. The lowest BCUT2D eigenvalue weighted by atomic mass is 10.00. The molecule has 0 bridgehead atoms. The number of piperidine rings is 1. The first-order valence-electron chi connectivity index (χ1n) is 6.44. The van der Waals surface area contributed by atoms with Gasteiger partial charge in [-0.2, -0.15) is 13.2 Å². The van der Waals surface area contributed by atoms with Crippen molar-refractivity contribution in [2.75, 3.05) is 5.43 Å². The van der Waals surface area contributed by atoms with Crippen LogP contribution in [0.1, 0.15) is 38.9 Å². The molecule has 1 N–H and O–H groups in total. The average Bonchev–Trinajstić information content (AvgIpc) is 2.32. The van der Waals surface area contributed by atoms with Crippen LogP contribution < -0.4 is 5.43 Å². The summed E-state index contributed by atoms with van der Waals surface area (Å²) in [5, 5.41) is 1.69. The van der Waals surface area contributed by atoms with Gasteiger partial charge in [-0.05, 0) is 26.7 Å². The molecule has 8 heteroatoms. The maximum Gasteiger partial charge on any atom is 0.451 e. The number of hydrogen-bond donors (Lipinski definition) is 1. The molecule has 2 atom stereocenters. The standard InChI is InChI=1S/C12H16ClF3N4/c1-7-4-3-5-8(2)20(7)19-10-6-9(13)17-11(18-10)12(14,15)16/h6-8H,3-5H2,1-2H3,(H,17,18,19). The molecule has 0 amide bonds. The molecule has 0 spiro atoms. The molecule has 2 heterocycles. The second-order valence-electron chi connectivity index (χ2n) is 5.05. The summed E-state index contributed by atoms with van der Waals surface area (Å²) >= 11 is 5.64. The largest absolute Gasteiger partial charge is 0.451 e. The summed E-state index contributed by atoms with van der Waals surface area (Å²) in [5.74, 6) is -1.16. The molecule has 0 aromatic carbocycles. The van der Waals surface area contributed by atoms with Crippen LogP contribution in [-0.2, 0) is 6.18 Å². The van der Waals surface area contributed by atoms with Crippen molar-refractivity contribution >= 4 is 17.4 Å². The molecule has 1 aromatic rings. The summed E-state index contributed by atoms with van der Waals surface area (Å²) < 4.78 is 38.0. The smallest absolute Gasteiger partial charge is 0.302 e. The summed E-state index contributed by atoms with van der Waals surface area (Å²) in [6, 6.07) is 1.74. The third-order valence-electron chi connectivity index (χ3n) is 3.39. The number of hydrogen-bond acceptors (Lipinski definition) is 4. The van der Waals surface area contributed by atoms with Gasteiger partial charge in [0.15, 0.2) is 0 Å². The molecule has 1 aromatic heterocycles. The predicted molar refractivity (Wildman–Crippen MR) is 70.3 cm³/mol. The maximum atomic E-state index is 12.7. The normalized spacial score (nSPS) is 24.7. The van der Waals surface area contributed by atoms with Crippen molar-refractivity contribution in [3.63, 3.8) is 0 Å². The van der Waals surface area contributed by atoms with Crippen LogP contribution in [0, 0.1) is 0 Å². The van der Waals surface area contributed by atoms with Crippen molar-refractivity contribution in [1.29, 1.82) is 0 Å². The van der Waals surface area contributed by atoms with E-state index < -0.39 is 12.0 Å². The fourth-order valence-corrected chi connectivity index (χ4v) is 2.56. The molecule has 1 fully saturated rings. The molecule has 0 saturated carbocycles. The van der Waals surface area contributed by atoms with Gasteiger partial charge < -0.3 is 5.43 Å².